The number of benzene rings is 1. The Balaban J connectivity index is 1.82. The van der Waals surface area contributed by atoms with Crippen molar-refractivity contribution in [2.75, 3.05) is 24.6 Å². The summed E-state index contributed by atoms with van der Waals surface area (Å²) >= 11 is 3.23. The van der Waals surface area contributed by atoms with Gasteiger partial charge in [-0.05, 0) is 24.3 Å². The number of sulfonamides is 1. The van der Waals surface area contributed by atoms with Gasteiger partial charge in [-0.2, -0.15) is 0 Å². The van der Waals surface area contributed by atoms with Gasteiger partial charge in [-0.3, -0.25) is 0 Å². The molecule has 0 amide bonds. The number of nitrogens with one attached hydrogen (secondary N) is 2. The molecule has 0 aliphatic carbocycles. The zero-order chi connectivity index (χ0) is 16.4. The molecule has 1 aromatic carbocycles. The Bertz CT molecular complexity index is 718. The fourth-order valence-electron chi connectivity index (χ4n) is 2.16. The van der Waals surface area contributed by atoms with E-state index in [1.54, 1.807) is 12.1 Å². The van der Waals surface area contributed by atoms with Crippen LogP contribution in [0.2, 0.25) is 0 Å². The molecule has 0 aromatic heterocycles. The van der Waals surface area contributed by atoms with E-state index in [-0.39, 0.29) is 29.5 Å². The number of rotatable bonds is 6. The molecule has 0 saturated carbocycles. The lowest BCUT2D eigenvalue weighted by Crippen LogP contribution is -2.42. The van der Waals surface area contributed by atoms with Crippen LogP contribution in [0.1, 0.15) is 0 Å². The van der Waals surface area contributed by atoms with Crippen LogP contribution in [0.15, 0.2) is 33.6 Å². The fraction of sp³-hybridized carbons (Fsp3) is 0.500. The summed E-state index contributed by atoms with van der Waals surface area (Å²) in [4.78, 5) is 0.152. The van der Waals surface area contributed by atoms with Gasteiger partial charge in [0, 0.05) is 23.6 Å². The van der Waals surface area contributed by atoms with Crippen LogP contribution in [0, 0.1) is 0 Å². The molecular weight excluding hydrogens is 396 g/mol. The number of hydrogen-bond donors (Lipinski definition) is 3. The third-order valence-electron chi connectivity index (χ3n) is 3.27. The Morgan fingerprint density at radius 1 is 1.18 bits per heavy atom. The molecule has 22 heavy (non-hydrogen) atoms. The first-order chi connectivity index (χ1) is 10.2. The molecular formula is C12H17BrN2O5S2. The summed E-state index contributed by atoms with van der Waals surface area (Å²) in [6, 6.07) is 5.67. The van der Waals surface area contributed by atoms with Crippen molar-refractivity contribution in [1.29, 1.82) is 0 Å². The number of hydrogen-bond acceptors (Lipinski definition) is 6. The van der Waals surface area contributed by atoms with Crippen molar-refractivity contribution in [3.63, 3.8) is 0 Å². The highest BCUT2D eigenvalue weighted by atomic mass is 79.9. The molecule has 0 radical (unpaired) electrons. The summed E-state index contributed by atoms with van der Waals surface area (Å²) in [6.07, 6.45) is -0.951. The van der Waals surface area contributed by atoms with Gasteiger partial charge in [-0.25, -0.2) is 21.6 Å². The summed E-state index contributed by atoms with van der Waals surface area (Å²) in [7, 11) is -6.81. The molecule has 2 atom stereocenters. The summed E-state index contributed by atoms with van der Waals surface area (Å²) in [5.74, 6) is -0.386. The van der Waals surface area contributed by atoms with Gasteiger partial charge in [-0.1, -0.05) is 15.9 Å². The fourth-order valence-corrected chi connectivity index (χ4v) is 5.24. The minimum atomic E-state index is -3.60. The Morgan fingerprint density at radius 2 is 1.82 bits per heavy atom. The molecule has 1 saturated heterocycles. The molecule has 1 aliphatic rings. The van der Waals surface area contributed by atoms with E-state index in [2.05, 4.69) is 26.0 Å². The van der Waals surface area contributed by atoms with Crippen LogP contribution in [0.4, 0.5) is 0 Å². The van der Waals surface area contributed by atoms with E-state index < -0.39 is 32.0 Å². The second kappa shape index (κ2) is 6.93. The highest BCUT2D eigenvalue weighted by Gasteiger charge is 2.35. The van der Waals surface area contributed by atoms with Crippen molar-refractivity contribution in [2.45, 2.75) is 17.0 Å². The molecule has 2 rings (SSSR count). The average molecular weight is 413 g/mol. The maximum Gasteiger partial charge on any atom is 0.240 e. The van der Waals surface area contributed by atoms with Crippen molar-refractivity contribution in [2.24, 2.45) is 0 Å². The zero-order valence-corrected chi connectivity index (χ0v) is 14.8. The maximum atomic E-state index is 12.0. The quantitative estimate of drug-likeness (QED) is 0.541. The average Bonchev–Trinajstić information content (AvgIpc) is 2.68. The normalized spacial score (nSPS) is 24.5. The van der Waals surface area contributed by atoms with Gasteiger partial charge in [-0.15, -0.1) is 0 Å². The maximum absolute atomic E-state index is 12.0. The largest absolute Gasteiger partial charge is 0.390 e. The zero-order valence-electron chi connectivity index (χ0n) is 11.6. The molecule has 1 heterocycles. The first-order valence-corrected chi connectivity index (χ1v) is 10.7. The summed E-state index contributed by atoms with van der Waals surface area (Å²) in [6.45, 7) is 0.328. The number of aliphatic hydroxyl groups excluding tert-OH is 1. The molecule has 1 aliphatic heterocycles. The van der Waals surface area contributed by atoms with Crippen LogP contribution in [0.3, 0.4) is 0 Å². The van der Waals surface area contributed by atoms with E-state index in [1.807, 2.05) is 0 Å². The van der Waals surface area contributed by atoms with Crippen LogP contribution in [0.25, 0.3) is 0 Å². The molecule has 0 unspecified atom stereocenters. The summed E-state index contributed by atoms with van der Waals surface area (Å²) in [5, 5.41) is 12.5. The predicted octanol–water partition coefficient (Wildman–Crippen LogP) is -0.525. The van der Waals surface area contributed by atoms with E-state index in [9.17, 15) is 21.9 Å². The molecule has 124 valence electrons. The lowest BCUT2D eigenvalue weighted by atomic mass is 10.2. The number of sulfone groups is 1. The Morgan fingerprint density at radius 3 is 2.36 bits per heavy atom. The van der Waals surface area contributed by atoms with Crippen molar-refractivity contribution < 1.29 is 21.9 Å². The Labute approximate surface area is 138 Å². The monoisotopic (exact) mass is 412 g/mol. The van der Waals surface area contributed by atoms with E-state index >= 15 is 0 Å². The van der Waals surface area contributed by atoms with E-state index in [1.165, 1.54) is 12.1 Å². The highest BCUT2D eigenvalue weighted by Crippen LogP contribution is 2.14. The van der Waals surface area contributed by atoms with Gasteiger partial charge in [0.25, 0.3) is 0 Å². The third-order valence-corrected chi connectivity index (χ3v) is 6.99. The summed E-state index contributed by atoms with van der Waals surface area (Å²) < 4.78 is 49.9. The Kier molecular flexibility index (Phi) is 5.62. The first kappa shape index (κ1) is 17.8. The van der Waals surface area contributed by atoms with E-state index in [0.29, 0.717) is 0 Å². The predicted molar refractivity (Wildman–Crippen MR) is 85.8 cm³/mol. The van der Waals surface area contributed by atoms with Gasteiger partial charge in [0.05, 0.1) is 22.5 Å². The smallest absolute Gasteiger partial charge is 0.240 e. The van der Waals surface area contributed by atoms with Gasteiger partial charge in [0.15, 0.2) is 9.84 Å². The van der Waals surface area contributed by atoms with Gasteiger partial charge in [0.1, 0.15) is 0 Å². The third kappa shape index (κ3) is 4.74. The topological polar surface area (TPSA) is 113 Å². The minimum absolute atomic E-state index is 0.0989. The van der Waals surface area contributed by atoms with E-state index in [0.717, 1.165) is 4.47 Å². The van der Waals surface area contributed by atoms with Crippen molar-refractivity contribution in [3.05, 3.63) is 28.7 Å². The molecule has 0 bridgehead atoms. The van der Waals surface area contributed by atoms with E-state index in [4.69, 9.17) is 0 Å². The lowest BCUT2D eigenvalue weighted by Gasteiger charge is -2.15. The second-order valence-electron chi connectivity index (χ2n) is 5.06. The SMILES string of the molecule is O=S1(=O)C[C@@H](O)[C@H](NCCNS(=O)(=O)c2ccc(Br)cc2)C1. The molecule has 3 N–H and O–H groups in total. The number of aliphatic hydroxyl groups is 1. The van der Waals surface area contributed by atoms with Crippen molar-refractivity contribution >= 4 is 35.8 Å². The molecule has 7 nitrogen and oxygen atoms in total. The van der Waals surface area contributed by atoms with Crippen LogP contribution in [-0.4, -0.2) is 58.7 Å². The van der Waals surface area contributed by atoms with Gasteiger partial charge in [0.2, 0.25) is 10.0 Å². The molecule has 1 aromatic rings. The molecule has 10 heteroatoms. The van der Waals surface area contributed by atoms with Crippen LogP contribution < -0.4 is 10.0 Å². The van der Waals surface area contributed by atoms with Crippen LogP contribution in [0.5, 0.6) is 0 Å². The van der Waals surface area contributed by atoms with Gasteiger partial charge >= 0.3 is 0 Å². The molecule has 0 spiro atoms. The lowest BCUT2D eigenvalue weighted by molar-refractivity contribution is 0.166. The second-order valence-corrected chi connectivity index (χ2v) is 9.89. The summed E-state index contributed by atoms with van der Waals surface area (Å²) in [5.41, 5.74) is 0. The van der Waals surface area contributed by atoms with Crippen LogP contribution in [-0.2, 0) is 19.9 Å². The first-order valence-electron chi connectivity index (χ1n) is 6.57. The minimum Gasteiger partial charge on any atom is -0.390 e. The highest BCUT2D eigenvalue weighted by molar-refractivity contribution is 9.10. The Hall–Kier alpha value is -0.520. The van der Waals surface area contributed by atoms with Crippen molar-refractivity contribution in [3.8, 4) is 0 Å². The standard InChI is InChI=1S/C12H17BrN2O5S2/c13-9-1-3-10(4-2-9)22(19,20)15-6-5-14-11-7-21(17,18)8-12(11)16/h1-4,11-12,14-16H,5-8H2/t11-,12-/m1/s1. The molecule has 1 fully saturated rings. The van der Waals surface area contributed by atoms with Gasteiger partial charge < -0.3 is 10.4 Å². The number of halogens is 1. The van der Waals surface area contributed by atoms with Crippen molar-refractivity contribution in [1.82, 2.24) is 10.0 Å². The van der Waals surface area contributed by atoms with Crippen LogP contribution >= 0.6 is 15.9 Å².